The molecule has 1 heterocycles. The third-order valence-electron chi connectivity index (χ3n) is 3.10. The highest BCUT2D eigenvalue weighted by molar-refractivity contribution is 5.87. The van der Waals surface area contributed by atoms with Crippen LogP contribution in [0.1, 0.15) is 17.5 Å². The molecular weight excluding hydrogens is 247 g/mol. The first-order valence-corrected chi connectivity index (χ1v) is 6.06. The van der Waals surface area contributed by atoms with Crippen molar-refractivity contribution < 1.29 is 14.0 Å². The third kappa shape index (κ3) is 2.99. The first-order valence-electron chi connectivity index (χ1n) is 6.06. The van der Waals surface area contributed by atoms with Crippen LogP contribution in [0.15, 0.2) is 30.9 Å². The Morgan fingerprint density at radius 1 is 1.42 bits per heavy atom. The summed E-state index contributed by atoms with van der Waals surface area (Å²) in [6.07, 6.45) is 1.36. The van der Waals surface area contributed by atoms with E-state index in [2.05, 4.69) is 11.9 Å². The lowest BCUT2D eigenvalue weighted by Crippen LogP contribution is -2.30. The molecule has 1 aliphatic heterocycles. The summed E-state index contributed by atoms with van der Waals surface area (Å²) >= 11 is 0. The highest BCUT2D eigenvalue weighted by Crippen LogP contribution is 2.25. The van der Waals surface area contributed by atoms with E-state index in [1.807, 2.05) is 6.07 Å². The minimum absolute atomic E-state index is 0.0973. The summed E-state index contributed by atoms with van der Waals surface area (Å²) in [5.74, 6) is -0.670. The molecule has 0 aliphatic carbocycles. The number of benzene rings is 1. The Balaban J connectivity index is 1.88. The van der Waals surface area contributed by atoms with Crippen LogP contribution in [0.5, 0.6) is 0 Å². The molecule has 2 rings (SSSR count). The molecule has 0 saturated carbocycles. The number of halogens is 1. The van der Waals surface area contributed by atoms with Crippen LogP contribution >= 0.6 is 0 Å². The van der Waals surface area contributed by atoms with Crippen molar-refractivity contribution in [2.24, 2.45) is 0 Å². The van der Waals surface area contributed by atoms with E-state index < -0.39 is 0 Å². The quantitative estimate of drug-likeness (QED) is 0.833. The molecule has 0 radical (unpaired) electrons. The number of amides is 2. The molecule has 0 fully saturated rings. The second-order valence-corrected chi connectivity index (χ2v) is 4.37. The van der Waals surface area contributed by atoms with E-state index in [1.165, 1.54) is 6.07 Å². The number of rotatable bonds is 4. The van der Waals surface area contributed by atoms with Gasteiger partial charge in [0, 0.05) is 31.6 Å². The molecule has 1 aliphatic rings. The standard InChI is InChI=1S/C14H15FN2O2/c1-2-13(18)16-7-6-14(19)17-8-10-4-3-5-12(15)11(10)9-17/h2-5H,1,6-9H2,(H,16,18). The average Bonchev–Trinajstić information content (AvgIpc) is 2.84. The zero-order valence-electron chi connectivity index (χ0n) is 10.5. The zero-order valence-corrected chi connectivity index (χ0v) is 10.5. The van der Waals surface area contributed by atoms with Gasteiger partial charge in [0.25, 0.3) is 0 Å². The number of carbonyl (C=O) groups excluding carboxylic acids is 2. The van der Waals surface area contributed by atoms with E-state index in [0.717, 1.165) is 11.6 Å². The van der Waals surface area contributed by atoms with Crippen LogP contribution in [0, 0.1) is 5.82 Å². The number of nitrogens with zero attached hydrogens (tertiary/aromatic N) is 1. The Morgan fingerprint density at radius 2 is 2.21 bits per heavy atom. The number of hydrogen-bond acceptors (Lipinski definition) is 2. The first-order chi connectivity index (χ1) is 9.11. The van der Waals surface area contributed by atoms with E-state index >= 15 is 0 Å². The third-order valence-corrected chi connectivity index (χ3v) is 3.10. The number of fused-ring (bicyclic) bond motifs is 1. The smallest absolute Gasteiger partial charge is 0.243 e. The number of hydrogen-bond donors (Lipinski definition) is 1. The molecule has 4 nitrogen and oxygen atoms in total. The van der Waals surface area contributed by atoms with E-state index in [1.54, 1.807) is 11.0 Å². The highest BCUT2D eigenvalue weighted by Gasteiger charge is 2.25. The summed E-state index contributed by atoms with van der Waals surface area (Å²) < 4.78 is 13.5. The summed E-state index contributed by atoms with van der Waals surface area (Å²) in [6, 6.07) is 4.87. The minimum Gasteiger partial charge on any atom is -0.352 e. The lowest BCUT2D eigenvalue weighted by molar-refractivity contribution is -0.131. The summed E-state index contributed by atoms with van der Waals surface area (Å²) in [5.41, 5.74) is 1.44. The Hall–Kier alpha value is -2.17. The fourth-order valence-electron chi connectivity index (χ4n) is 2.08. The van der Waals surface area contributed by atoms with Crippen LogP contribution in [0.4, 0.5) is 4.39 Å². The molecule has 0 saturated heterocycles. The predicted molar refractivity (Wildman–Crippen MR) is 68.5 cm³/mol. The van der Waals surface area contributed by atoms with Gasteiger partial charge in [0.05, 0.1) is 0 Å². The number of carbonyl (C=O) groups is 2. The van der Waals surface area contributed by atoms with Gasteiger partial charge in [-0.1, -0.05) is 18.7 Å². The van der Waals surface area contributed by atoms with Gasteiger partial charge in [0.2, 0.25) is 11.8 Å². The molecule has 19 heavy (non-hydrogen) atoms. The maximum Gasteiger partial charge on any atom is 0.243 e. The number of nitrogens with one attached hydrogen (secondary N) is 1. The Morgan fingerprint density at radius 3 is 2.89 bits per heavy atom. The van der Waals surface area contributed by atoms with E-state index in [4.69, 9.17) is 0 Å². The van der Waals surface area contributed by atoms with Gasteiger partial charge in [-0.05, 0) is 17.7 Å². The van der Waals surface area contributed by atoms with Gasteiger partial charge in [0.15, 0.2) is 0 Å². The SMILES string of the molecule is C=CC(=O)NCCC(=O)N1Cc2cccc(F)c2C1. The van der Waals surface area contributed by atoms with E-state index in [0.29, 0.717) is 18.7 Å². The normalized spacial score (nSPS) is 13.0. The van der Waals surface area contributed by atoms with Crippen LogP contribution in [0.2, 0.25) is 0 Å². The van der Waals surface area contributed by atoms with Gasteiger partial charge in [-0.3, -0.25) is 9.59 Å². The zero-order chi connectivity index (χ0) is 13.8. The lowest BCUT2D eigenvalue weighted by Gasteiger charge is -2.15. The Bertz CT molecular complexity index is 528. The van der Waals surface area contributed by atoms with Crippen LogP contribution in [-0.4, -0.2) is 23.3 Å². The van der Waals surface area contributed by atoms with Crippen LogP contribution < -0.4 is 5.32 Å². The summed E-state index contributed by atoms with van der Waals surface area (Å²) in [5, 5.41) is 2.54. The highest BCUT2D eigenvalue weighted by atomic mass is 19.1. The molecule has 0 aromatic heterocycles. The van der Waals surface area contributed by atoms with Crippen molar-refractivity contribution in [1.82, 2.24) is 10.2 Å². The maximum atomic E-state index is 13.5. The van der Waals surface area contributed by atoms with Gasteiger partial charge in [-0.25, -0.2) is 4.39 Å². The molecule has 0 unspecified atom stereocenters. The maximum absolute atomic E-state index is 13.5. The summed E-state index contributed by atoms with van der Waals surface area (Å²) in [7, 11) is 0. The Kier molecular flexibility index (Phi) is 3.94. The first kappa shape index (κ1) is 13.3. The van der Waals surface area contributed by atoms with Gasteiger partial charge in [-0.2, -0.15) is 0 Å². The average molecular weight is 262 g/mol. The van der Waals surface area contributed by atoms with Gasteiger partial charge < -0.3 is 10.2 Å². The van der Waals surface area contributed by atoms with Crippen LogP contribution in [0.3, 0.4) is 0 Å². The molecule has 100 valence electrons. The van der Waals surface area contributed by atoms with Crippen LogP contribution in [-0.2, 0) is 22.7 Å². The van der Waals surface area contributed by atoms with Crippen molar-refractivity contribution in [3.8, 4) is 0 Å². The van der Waals surface area contributed by atoms with Crippen molar-refractivity contribution in [3.63, 3.8) is 0 Å². The predicted octanol–water partition coefficient (Wildman–Crippen LogP) is 1.36. The van der Waals surface area contributed by atoms with Crippen LogP contribution in [0.25, 0.3) is 0 Å². The lowest BCUT2D eigenvalue weighted by atomic mass is 10.1. The molecule has 0 spiro atoms. The summed E-state index contributed by atoms with van der Waals surface area (Å²) in [4.78, 5) is 24.4. The second-order valence-electron chi connectivity index (χ2n) is 4.37. The van der Waals surface area contributed by atoms with Crippen molar-refractivity contribution in [1.29, 1.82) is 0 Å². The molecule has 0 atom stereocenters. The Labute approximate surface area is 110 Å². The largest absolute Gasteiger partial charge is 0.352 e. The second kappa shape index (κ2) is 5.65. The van der Waals surface area contributed by atoms with Crippen molar-refractivity contribution >= 4 is 11.8 Å². The fraction of sp³-hybridized carbons (Fsp3) is 0.286. The van der Waals surface area contributed by atoms with E-state index in [-0.39, 0.29) is 30.6 Å². The topological polar surface area (TPSA) is 49.4 Å². The van der Waals surface area contributed by atoms with Crippen molar-refractivity contribution in [3.05, 3.63) is 47.8 Å². The minimum atomic E-state index is -0.302. The van der Waals surface area contributed by atoms with Gasteiger partial charge >= 0.3 is 0 Å². The van der Waals surface area contributed by atoms with Gasteiger partial charge in [-0.15, -0.1) is 0 Å². The molecular formula is C14H15FN2O2. The summed E-state index contributed by atoms with van der Waals surface area (Å²) in [6.45, 7) is 4.32. The van der Waals surface area contributed by atoms with Crippen molar-refractivity contribution in [2.75, 3.05) is 6.54 Å². The molecule has 5 heteroatoms. The molecule has 0 bridgehead atoms. The molecule has 1 aromatic carbocycles. The molecule has 1 N–H and O–H groups in total. The molecule has 2 amide bonds. The van der Waals surface area contributed by atoms with Gasteiger partial charge in [0.1, 0.15) is 5.82 Å². The fourth-order valence-corrected chi connectivity index (χ4v) is 2.08. The molecule has 1 aromatic rings. The monoisotopic (exact) mass is 262 g/mol. The van der Waals surface area contributed by atoms with E-state index in [9.17, 15) is 14.0 Å². The van der Waals surface area contributed by atoms with Crippen molar-refractivity contribution in [2.45, 2.75) is 19.5 Å².